The summed E-state index contributed by atoms with van der Waals surface area (Å²) in [6.45, 7) is 0. The molecule has 2 bridgehead atoms. The minimum Gasteiger partial charge on any atom is -0.325 e. The summed E-state index contributed by atoms with van der Waals surface area (Å²) in [6, 6.07) is 7.62. The van der Waals surface area contributed by atoms with E-state index in [0.717, 1.165) is 42.3 Å². The van der Waals surface area contributed by atoms with Crippen molar-refractivity contribution in [2.75, 3.05) is 5.32 Å². The van der Waals surface area contributed by atoms with Crippen LogP contribution in [0.5, 0.6) is 0 Å². The Kier molecular flexibility index (Phi) is 3.92. The van der Waals surface area contributed by atoms with Crippen LogP contribution in [0.3, 0.4) is 0 Å². The van der Waals surface area contributed by atoms with Crippen LogP contribution in [0.25, 0.3) is 0 Å². The molecule has 1 amide bonds. The maximum Gasteiger partial charge on any atom is 0.227 e. The molecule has 0 aliphatic heterocycles. The number of hydrogen-bond acceptors (Lipinski definition) is 2. The van der Waals surface area contributed by atoms with Gasteiger partial charge in [0.25, 0.3) is 0 Å². The van der Waals surface area contributed by atoms with Crippen LogP contribution in [-0.2, 0) is 9.59 Å². The van der Waals surface area contributed by atoms with E-state index < -0.39 is 0 Å². The molecule has 2 fully saturated rings. The maximum atomic E-state index is 12.4. The number of fused-ring (bicyclic) bond motifs is 2. The lowest BCUT2D eigenvalue weighted by atomic mass is 9.67. The zero-order chi connectivity index (χ0) is 14.1. The molecule has 0 spiro atoms. The molecule has 3 nitrogen and oxygen atoms in total. The Morgan fingerprint density at radius 3 is 2.45 bits per heavy atom. The molecule has 2 aliphatic carbocycles. The number of benzene rings is 1. The average Bonchev–Trinajstić information content (AvgIpc) is 2.41. The van der Waals surface area contributed by atoms with Crippen molar-refractivity contribution in [2.45, 2.75) is 32.1 Å². The number of anilines is 1. The molecule has 1 unspecified atom stereocenters. The summed E-state index contributed by atoms with van der Waals surface area (Å²) in [4.78, 5) is 24.5. The summed E-state index contributed by atoms with van der Waals surface area (Å²) < 4.78 is 0.889. The molecule has 0 saturated heterocycles. The van der Waals surface area contributed by atoms with E-state index in [0.29, 0.717) is 5.78 Å². The van der Waals surface area contributed by atoms with E-state index in [1.54, 1.807) is 0 Å². The number of carbonyl (C=O) groups excluding carboxylic acids is 2. The van der Waals surface area contributed by atoms with Crippen molar-refractivity contribution in [2.24, 2.45) is 17.8 Å². The van der Waals surface area contributed by atoms with Crippen molar-refractivity contribution in [1.82, 2.24) is 0 Å². The van der Waals surface area contributed by atoms with E-state index in [1.165, 1.54) is 0 Å². The van der Waals surface area contributed by atoms with E-state index >= 15 is 0 Å². The third kappa shape index (κ3) is 2.66. The monoisotopic (exact) mass is 335 g/mol. The number of ketones is 1. The van der Waals surface area contributed by atoms with E-state index in [-0.39, 0.29) is 23.7 Å². The van der Waals surface area contributed by atoms with Gasteiger partial charge < -0.3 is 5.32 Å². The van der Waals surface area contributed by atoms with Crippen LogP contribution in [0.1, 0.15) is 32.1 Å². The molecule has 0 heterocycles. The highest BCUT2D eigenvalue weighted by atomic mass is 79.9. The lowest BCUT2D eigenvalue weighted by Crippen LogP contribution is -2.40. The third-order valence-electron chi connectivity index (χ3n) is 4.55. The van der Waals surface area contributed by atoms with E-state index in [1.807, 2.05) is 24.3 Å². The Balaban J connectivity index is 1.69. The zero-order valence-corrected chi connectivity index (χ0v) is 12.9. The highest BCUT2D eigenvalue weighted by molar-refractivity contribution is 9.10. The van der Waals surface area contributed by atoms with Crippen LogP contribution < -0.4 is 5.32 Å². The van der Waals surface area contributed by atoms with Gasteiger partial charge >= 0.3 is 0 Å². The van der Waals surface area contributed by atoms with Gasteiger partial charge in [0, 0.05) is 22.2 Å². The summed E-state index contributed by atoms with van der Waals surface area (Å²) >= 11 is 3.44. The first kappa shape index (κ1) is 13.8. The molecule has 3 rings (SSSR count). The molecule has 1 aromatic rings. The van der Waals surface area contributed by atoms with Crippen LogP contribution in [0.15, 0.2) is 28.7 Å². The second-order valence-electron chi connectivity index (χ2n) is 5.86. The fraction of sp³-hybridized carbons (Fsp3) is 0.500. The number of para-hydroxylation sites is 1. The lowest BCUT2D eigenvalue weighted by Gasteiger charge is -2.36. The fourth-order valence-electron chi connectivity index (χ4n) is 3.49. The van der Waals surface area contributed by atoms with Crippen molar-refractivity contribution in [3.05, 3.63) is 28.7 Å². The number of amides is 1. The summed E-state index contributed by atoms with van der Waals surface area (Å²) in [5.41, 5.74) is 0.805. The Bertz CT molecular complexity index is 527. The van der Waals surface area contributed by atoms with Crippen molar-refractivity contribution in [1.29, 1.82) is 0 Å². The van der Waals surface area contributed by atoms with Crippen LogP contribution in [0, 0.1) is 17.8 Å². The summed E-state index contributed by atoms with van der Waals surface area (Å²) in [5, 5.41) is 2.99. The zero-order valence-electron chi connectivity index (χ0n) is 11.3. The van der Waals surface area contributed by atoms with Crippen LogP contribution in [0.4, 0.5) is 5.69 Å². The first-order valence-corrected chi connectivity index (χ1v) is 8.03. The van der Waals surface area contributed by atoms with Crippen LogP contribution >= 0.6 is 15.9 Å². The van der Waals surface area contributed by atoms with Crippen molar-refractivity contribution in [3.8, 4) is 0 Å². The predicted octanol–water partition coefficient (Wildman–Crippen LogP) is 3.78. The molecule has 1 aromatic carbocycles. The first-order chi connectivity index (χ1) is 9.65. The number of rotatable bonds is 2. The van der Waals surface area contributed by atoms with E-state index in [4.69, 9.17) is 0 Å². The van der Waals surface area contributed by atoms with Crippen molar-refractivity contribution < 1.29 is 9.59 Å². The van der Waals surface area contributed by atoms with Gasteiger partial charge in [0.05, 0.1) is 5.69 Å². The molecule has 1 N–H and O–H groups in total. The second kappa shape index (κ2) is 5.68. The standard InChI is InChI=1S/C16H18BrNO2/c17-13-6-1-2-7-14(13)18-16(20)12-8-10-4-3-5-11(9-12)15(10)19/h1-2,6-7,10-12H,3-5,8-9H2,(H,18,20)/t10-,11+,12?. The smallest absolute Gasteiger partial charge is 0.227 e. The highest BCUT2D eigenvalue weighted by Crippen LogP contribution is 2.40. The quantitative estimate of drug-likeness (QED) is 0.893. The summed E-state index contributed by atoms with van der Waals surface area (Å²) in [5.74, 6) is 0.688. The minimum absolute atomic E-state index is 0.0184. The Morgan fingerprint density at radius 2 is 1.80 bits per heavy atom. The molecule has 4 heteroatoms. The van der Waals surface area contributed by atoms with Crippen LogP contribution in [0.2, 0.25) is 0 Å². The molecule has 20 heavy (non-hydrogen) atoms. The van der Waals surface area contributed by atoms with E-state index in [9.17, 15) is 9.59 Å². The van der Waals surface area contributed by atoms with Gasteiger partial charge in [-0.25, -0.2) is 0 Å². The minimum atomic E-state index is -0.0184. The molecule has 2 saturated carbocycles. The number of Topliss-reactive ketones (excluding diaryl/α,β-unsaturated/α-hetero) is 1. The molecule has 2 aliphatic rings. The maximum absolute atomic E-state index is 12.4. The van der Waals surface area contributed by atoms with Gasteiger partial charge in [0.1, 0.15) is 5.78 Å². The molecule has 3 atom stereocenters. The number of nitrogens with one attached hydrogen (secondary N) is 1. The fourth-order valence-corrected chi connectivity index (χ4v) is 3.87. The van der Waals surface area contributed by atoms with Gasteiger partial charge in [0.2, 0.25) is 5.91 Å². The van der Waals surface area contributed by atoms with Gasteiger partial charge in [-0.15, -0.1) is 0 Å². The molecular formula is C16H18BrNO2. The average molecular weight is 336 g/mol. The second-order valence-corrected chi connectivity index (χ2v) is 6.72. The van der Waals surface area contributed by atoms with Gasteiger partial charge in [-0.3, -0.25) is 9.59 Å². The lowest BCUT2D eigenvalue weighted by molar-refractivity contribution is -0.136. The molecular weight excluding hydrogens is 318 g/mol. The molecule has 0 radical (unpaired) electrons. The predicted molar refractivity (Wildman–Crippen MR) is 81.3 cm³/mol. The van der Waals surface area contributed by atoms with Crippen molar-refractivity contribution >= 4 is 33.3 Å². The van der Waals surface area contributed by atoms with Gasteiger partial charge in [-0.05, 0) is 53.7 Å². The Labute approximate surface area is 127 Å². The topological polar surface area (TPSA) is 46.2 Å². The Morgan fingerprint density at radius 1 is 1.15 bits per heavy atom. The summed E-state index contributed by atoms with van der Waals surface area (Å²) in [6.07, 6.45) is 4.53. The number of halogens is 1. The normalized spacial score (nSPS) is 29.1. The van der Waals surface area contributed by atoms with Crippen molar-refractivity contribution in [3.63, 3.8) is 0 Å². The van der Waals surface area contributed by atoms with Crippen LogP contribution in [-0.4, -0.2) is 11.7 Å². The molecule has 106 valence electrons. The summed E-state index contributed by atoms with van der Waals surface area (Å²) in [7, 11) is 0. The highest BCUT2D eigenvalue weighted by Gasteiger charge is 2.41. The SMILES string of the molecule is O=C(Nc1ccccc1Br)C1C[C@H]2CCC[C@@H](C1)C2=O. The van der Waals surface area contributed by atoms with Gasteiger partial charge in [-0.1, -0.05) is 18.6 Å². The van der Waals surface area contributed by atoms with E-state index in [2.05, 4.69) is 21.2 Å². The van der Waals surface area contributed by atoms with Gasteiger partial charge in [0.15, 0.2) is 0 Å². The number of carbonyl (C=O) groups is 2. The largest absolute Gasteiger partial charge is 0.325 e. The first-order valence-electron chi connectivity index (χ1n) is 7.24. The Hall–Kier alpha value is -1.16. The number of hydrogen-bond donors (Lipinski definition) is 1. The third-order valence-corrected chi connectivity index (χ3v) is 5.24. The van der Waals surface area contributed by atoms with Gasteiger partial charge in [-0.2, -0.15) is 0 Å². The molecule has 0 aromatic heterocycles.